The zero-order valence-electron chi connectivity index (χ0n) is 17.7. The molecule has 2 heterocycles. The minimum atomic E-state index is -0.0221. The van der Waals surface area contributed by atoms with Crippen LogP contribution in [0.4, 0.5) is 0 Å². The van der Waals surface area contributed by atoms with Gasteiger partial charge in [0.05, 0.1) is 7.11 Å². The Morgan fingerprint density at radius 1 is 0.759 bits per heavy atom. The van der Waals surface area contributed by atoms with Gasteiger partial charge in [-0.05, 0) is 80.0 Å². The SMILES string of the molecule is COc1cc2c3c(c(C)cc2c2c1-c1sccc1C2(C)C)-c1sccc1C3(C)C. The fourth-order valence-corrected chi connectivity index (χ4v) is 8.17. The van der Waals surface area contributed by atoms with Crippen LogP contribution < -0.4 is 4.74 Å². The van der Waals surface area contributed by atoms with Gasteiger partial charge in [-0.25, -0.2) is 0 Å². The van der Waals surface area contributed by atoms with Gasteiger partial charge < -0.3 is 4.74 Å². The third kappa shape index (κ3) is 1.91. The highest BCUT2D eigenvalue weighted by molar-refractivity contribution is 7.14. The molecule has 0 bridgehead atoms. The topological polar surface area (TPSA) is 9.23 Å². The molecule has 29 heavy (non-hydrogen) atoms. The summed E-state index contributed by atoms with van der Waals surface area (Å²) in [6, 6.07) is 9.37. The zero-order valence-corrected chi connectivity index (χ0v) is 19.3. The fraction of sp³-hybridized carbons (Fsp3) is 0.308. The molecule has 0 amide bonds. The summed E-state index contributed by atoms with van der Waals surface area (Å²) < 4.78 is 6.01. The second-order valence-electron chi connectivity index (χ2n) is 9.44. The van der Waals surface area contributed by atoms with Crippen LogP contribution in [0.25, 0.3) is 31.7 Å². The van der Waals surface area contributed by atoms with E-state index in [-0.39, 0.29) is 10.8 Å². The van der Waals surface area contributed by atoms with Crippen LogP contribution in [0.15, 0.2) is 35.0 Å². The monoisotopic (exact) mass is 416 g/mol. The van der Waals surface area contributed by atoms with Crippen molar-refractivity contribution in [2.75, 3.05) is 7.11 Å². The highest BCUT2D eigenvalue weighted by Gasteiger charge is 2.43. The molecule has 2 aromatic carbocycles. The quantitative estimate of drug-likeness (QED) is 0.306. The van der Waals surface area contributed by atoms with E-state index < -0.39 is 0 Å². The zero-order chi connectivity index (χ0) is 20.3. The minimum absolute atomic E-state index is 0.00173. The molecule has 2 aliphatic rings. The van der Waals surface area contributed by atoms with E-state index in [1.807, 2.05) is 29.8 Å². The maximum absolute atomic E-state index is 6.01. The first-order chi connectivity index (χ1) is 13.8. The van der Waals surface area contributed by atoms with Crippen molar-refractivity contribution in [2.24, 2.45) is 0 Å². The van der Waals surface area contributed by atoms with Crippen LogP contribution in [-0.2, 0) is 10.8 Å². The van der Waals surface area contributed by atoms with E-state index in [4.69, 9.17) is 4.74 Å². The molecule has 6 rings (SSSR count). The van der Waals surface area contributed by atoms with Crippen LogP contribution >= 0.6 is 22.7 Å². The van der Waals surface area contributed by atoms with E-state index in [1.54, 1.807) is 0 Å². The van der Waals surface area contributed by atoms with Gasteiger partial charge in [0.1, 0.15) is 5.75 Å². The number of thiophene rings is 2. The van der Waals surface area contributed by atoms with Crippen molar-refractivity contribution in [3.63, 3.8) is 0 Å². The van der Waals surface area contributed by atoms with Gasteiger partial charge in [0.15, 0.2) is 0 Å². The molecule has 2 aliphatic carbocycles. The molecule has 0 spiro atoms. The average molecular weight is 417 g/mol. The van der Waals surface area contributed by atoms with Crippen LogP contribution in [0, 0.1) is 6.92 Å². The Labute approximate surface area is 180 Å². The van der Waals surface area contributed by atoms with Crippen molar-refractivity contribution >= 4 is 33.4 Å². The molecule has 0 aliphatic heterocycles. The number of aryl methyl sites for hydroxylation is 1. The molecule has 3 heteroatoms. The van der Waals surface area contributed by atoms with Gasteiger partial charge in [-0.15, -0.1) is 22.7 Å². The van der Waals surface area contributed by atoms with Crippen LogP contribution in [0.5, 0.6) is 5.75 Å². The first kappa shape index (κ1) is 17.7. The van der Waals surface area contributed by atoms with Crippen LogP contribution in [0.3, 0.4) is 0 Å². The Morgan fingerprint density at radius 3 is 1.86 bits per heavy atom. The Bertz CT molecular complexity index is 1350. The van der Waals surface area contributed by atoms with E-state index >= 15 is 0 Å². The normalized spacial score (nSPS) is 17.2. The highest BCUT2D eigenvalue weighted by atomic mass is 32.1. The molecule has 0 radical (unpaired) electrons. The number of hydrogen-bond donors (Lipinski definition) is 0. The molecular weight excluding hydrogens is 392 g/mol. The molecule has 0 saturated carbocycles. The summed E-state index contributed by atoms with van der Waals surface area (Å²) >= 11 is 3.71. The van der Waals surface area contributed by atoms with E-state index in [2.05, 4.69) is 69.6 Å². The molecule has 146 valence electrons. The predicted molar refractivity (Wildman–Crippen MR) is 126 cm³/mol. The Balaban J connectivity index is 1.83. The number of benzene rings is 2. The Morgan fingerprint density at radius 2 is 1.28 bits per heavy atom. The van der Waals surface area contributed by atoms with Gasteiger partial charge in [-0.2, -0.15) is 0 Å². The van der Waals surface area contributed by atoms with Crippen LogP contribution in [-0.4, -0.2) is 7.11 Å². The Hall–Kier alpha value is -2.10. The van der Waals surface area contributed by atoms with Gasteiger partial charge in [0.2, 0.25) is 0 Å². The minimum Gasteiger partial charge on any atom is -0.496 e. The third-order valence-electron chi connectivity index (χ3n) is 7.21. The summed E-state index contributed by atoms with van der Waals surface area (Å²) in [6.07, 6.45) is 0. The van der Waals surface area contributed by atoms with E-state index in [0.717, 1.165) is 5.75 Å². The number of methoxy groups -OCH3 is 1. The largest absolute Gasteiger partial charge is 0.496 e. The maximum atomic E-state index is 6.01. The van der Waals surface area contributed by atoms with E-state index in [9.17, 15) is 0 Å². The van der Waals surface area contributed by atoms with Crippen molar-refractivity contribution in [1.82, 2.24) is 0 Å². The van der Waals surface area contributed by atoms with E-state index in [1.165, 1.54) is 59.5 Å². The van der Waals surface area contributed by atoms with Crippen molar-refractivity contribution in [1.29, 1.82) is 0 Å². The lowest BCUT2D eigenvalue weighted by Crippen LogP contribution is -2.18. The van der Waals surface area contributed by atoms with Gasteiger partial charge in [-0.3, -0.25) is 0 Å². The standard InChI is InChI=1S/C26H24OS2/c1-13-11-14-15(21-19(13)23-16(7-9-28-23)25(21,2)3)12-18(27-6)20-22(14)26(4,5)17-8-10-29-24(17)20/h7-12H,1-6H3. The molecule has 0 atom stereocenters. The lowest BCUT2D eigenvalue weighted by molar-refractivity contribution is 0.416. The molecular formula is C26H24OS2. The van der Waals surface area contributed by atoms with Gasteiger partial charge in [-0.1, -0.05) is 33.8 Å². The Kier molecular flexibility index (Phi) is 3.26. The lowest BCUT2D eigenvalue weighted by Gasteiger charge is -2.28. The smallest absolute Gasteiger partial charge is 0.128 e. The lowest BCUT2D eigenvalue weighted by atomic mass is 9.76. The van der Waals surface area contributed by atoms with E-state index in [0.29, 0.717) is 0 Å². The van der Waals surface area contributed by atoms with Crippen molar-refractivity contribution in [3.05, 3.63) is 62.8 Å². The summed E-state index contributed by atoms with van der Waals surface area (Å²) in [7, 11) is 1.82. The summed E-state index contributed by atoms with van der Waals surface area (Å²) in [5, 5.41) is 7.21. The summed E-state index contributed by atoms with van der Waals surface area (Å²) in [5.41, 5.74) is 9.92. The van der Waals surface area contributed by atoms with Gasteiger partial charge in [0, 0.05) is 26.1 Å². The second kappa shape index (κ2) is 5.33. The third-order valence-corrected chi connectivity index (χ3v) is 9.07. The average Bonchev–Trinajstić information content (AvgIpc) is 3.40. The molecule has 0 N–H and O–H groups in total. The summed E-state index contributed by atoms with van der Waals surface area (Å²) in [6.45, 7) is 11.8. The molecule has 0 saturated heterocycles. The number of fused-ring (bicyclic) bond motifs is 9. The molecule has 4 aromatic rings. The fourth-order valence-electron chi connectivity index (χ4n) is 5.89. The summed E-state index contributed by atoms with van der Waals surface area (Å²) in [5.74, 6) is 1.01. The molecule has 0 unspecified atom stereocenters. The maximum Gasteiger partial charge on any atom is 0.128 e. The van der Waals surface area contributed by atoms with Crippen molar-refractivity contribution < 1.29 is 4.74 Å². The number of rotatable bonds is 1. The second-order valence-corrected chi connectivity index (χ2v) is 11.3. The van der Waals surface area contributed by atoms with Gasteiger partial charge >= 0.3 is 0 Å². The van der Waals surface area contributed by atoms with Crippen LogP contribution in [0.2, 0.25) is 0 Å². The number of hydrogen-bond acceptors (Lipinski definition) is 3. The van der Waals surface area contributed by atoms with Crippen molar-refractivity contribution in [3.8, 4) is 26.6 Å². The summed E-state index contributed by atoms with van der Waals surface area (Å²) in [4.78, 5) is 2.82. The predicted octanol–water partition coefficient (Wildman–Crippen LogP) is 7.89. The first-order valence-corrected chi connectivity index (χ1v) is 11.9. The number of ether oxygens (including phenoxy) is 1. The molecule has 0 fully saturated rings. The van der Waals surface area contributed by atoms with Crippen LogP contribution in [0.1, 0.15) is 55.5 Å². The van der Waals surface area contributed by atoms with Gasteiger partial charge in [0.25, 0.3) is 0 Å². The first-order valence-electron chi connectivity index (χ1n) is 10.1. The molecule has 1 nitrogen and oxygen atoms in total. The molecule has 2 aromatic heterocycles. The highest BCUT2D eigenvalue weighted by Crippen LogP contribution is 2.60. The van der Waals surface area contributed by atoms with Crippen molar-refractivity contribution in [2.45, 2.75) is 45.4 Å².